The van der Waals surface area contributed by atoms with Crippen molar-refractivity contribution in [1.29, 1.82) is 0 Å². The van der Waals surface area contributed by atoms with Gasteiger partial charge in [0.15, 0.2) is 6.61 Å². The van der Waals surface area contributed by atoms with Gasteiger partial charge in [0.2, 0.25) is 5.78 Å². The molecule has 0 amide bonds. The molecule has 128 valence electrons. The van der Waals surface area contributed by atoms with Crippen molar-refractivity contribution in [2.24, 2.45) is 7.05 Å². The number of benzene rings is 1. The van der Waals surface area contributed by atoms with Crippen molar-refractivity contribution in [3.63, 3.8) is 0 Å². The molecule has 0 radical (unpaired) electrons. The molecule has 4 nitrogen and oxygen atoms in total. The lowest BCUT2D eigenvalue weighted by Crippen LogP contribution is -2.15. The van der Waals surface area contributed by atoms with Crippen molar-refractivity contribution >= 4 is 11.8 Å². The van der Waals surface area contributed by atoms with Crippen LogP contribution in [0.15, 0.2) is 30.3 Å². The zero-order chi connectivity index (χ0) is 18.1. The number of ether oxygens (including phenoxy) is 1. The van der Waals surface area contributed by atoms with Crippen molar-refractivity contribution in [2.45, 2.75) is 20.0 Å². The second-order valence-electron chi connectivity index (χ2n) is 5.42. The maximum atomic E-state index is 12.6. The summed E-state index contributed by atoms with van der Waals surface area (Å²) in [4.78, 5) is 24.0. The fraction of sp³-hybridized carbons (Fsp3) is 0.294. The standard InChI is InChI=1S/C17H16F3NO3/c1-10-7-14(11(2)21(10)3)15(22)9-24-16(23)12-5-4-6-13(8-12)17(18,19)20/h4-8H,9H2,1-3H3. The Morgan fingerprint density at radius 1 is 1.17 bits per heavy atom. The molecule has 0 aliphatic carbocycles. The van der Waals surface area contributed by atoms with Crippen LogP contribution in [0.4, 0.5) is 13.2 Å². The number of esters is 1. The summed E-state index contributed by atoms with van der Waals surface area (Å²) < 4.78 is 44.6. The molecule has 7 heteroatoms. The quantitative estimate of drug-likeness (QED) is 0.630. The first-order valence-electron chi connectivity index (χ1n) is 7.11. The molecule has 0 aliphatic heterocycles. The van der Waals surface area contributed by atoms with Crippen molar-refractivity contribution in [3.05, 3.63) is 58.4 Å². The molecule has 2 aromatic rings. The molecule has 2 rings (SSSR count). The van der Waals surface area contributed by atoms with E-state index in [9.17, 15) is 22.8 Å². The minimum Gasteiger partial charge on any atom is -0.454 e. The Morgan fingerprint density at radius 3 is 2.38 bits per heavy atom. The SMILES string of the molecule is Cc1cc(C(=O)COC(=O)c2cccc(C(F)(F)F)c2)c(C)n1C. The molecule has 0 N–H and O–H groups in total. The van der Waals surface area contributed by atoms with Gasteiger partial charge in [-0.1, -0.05) is 6.07 Å². The summed E-state index contributed by atoms with van der Waals surface area (Å²) in [5.41, 5.74) is 0.830. The fourth-order valence-corrected chi connectivity index (χ4v) is 2.25. The zero-order valence-corrected chi connectivity index (χ0v) is 13.4. The van der Waals surface area contributed by atoms with E-state index in [0.717, 1.165) is 23.5 Å². The molecule has 0 unspecified atom stereocenters. The smallest absolute Gasteiger partial charge is 0.416 e. The van der Waals surface area contributed by atoms with Gasteiger partial charge in [-0.25, -0.2) is 4.79 Å². The Hall–Kier alpha value is -2.57. The van der Waals surface area contributed by atoms with Gasteiger partial charge in [0.1, 0.15) is 0 Å². The van der Waals surface area contributed by atoms with Crippen LogP contribution in [-0.4, -0.2) is 22.9 Å². The highest BCUT2D eigenvalue weighted by Gasteiger charge is 2.31. The third-order valence-corrected chi connectivity index (χ3v) is 3.84. The molecule has 0 bridgehead atoms. The number of Topliss-reactive ketones (excluding diaryl/α,β-unsaturated/α-hetero) is 1. The molecule has 0 spiro atoms. The molecule has 0 atom stereocenters. The highest BCUT2D eigenvalue weighted by atomic mass is 19.4. The Bertz CT molecular complexity index is 791. The van der Waals surface area contributed by atoms with Crippen LogP contribution >= 0.6 is 0 Å². The van der Waals surface area contributed by atoms with Crippen molar-refractivity contribution in [2.75, 3.05) is 6.61 Å². The van der Waals surface area contributed by atoms with E-state index >= 15 is 0 Å². The lowest BCUT2D eigenvalue weighted by molar-refractivity contribution is -0.137. The number of carbonyl (C=O) groups excluding carboxylic acids is 2. The van der Waals surface area contributed by atoms with Crippen LogP contribution < -0.4 is 0 Å². The van der Waals surface area contributed by atoms with E-state index < -0.39 is 30.1 Å². The van der Waals surface area contributed by atoms with E-state index in [4.69, 9.17) is 4.74 Å². The zero-order valence-electron chi connectivity index (χ0n) is 13.4. The lowest BCUT2D eigenvalue weighted by atomic mass is 10.1. The van der Waals surface area contributed by atoms with Gasteiger partial charge in [0.25, 0.3) is 0 Å². The maximum Gasteiger partial charge on any atom is 0.416 e. The van der Waals surface area contributed by atoms with Crippen molar-refractivity contribution in [1.82, 2.24) is 4.57 Å². The normalized spacial score (nSPS) is 11.4. The van der Waals surface area contributed by atoms with Crippen LogP contribution in [0, 0.1) is 13.8 Å². The number of hydrogen-bond acceptors (Lipinski definition) is 3. The molecule has 24 heavy (non-hydrogen) atoms. The monoisotopic (exact) mass is 339 g/mol. The summed E-state index contributed by atoms with van der Waals surface area (Å²) in [6.07, 6.45) is -4.55. The molecular weight excluding hydrogens is 323 g/mol. The molecule has 1 aromatic heterocycles. The number of ketones is 1. The van der Waals surface area contributed by atoms with Gasteiger partial charge in [-0.2, -0.15) is 13.2 Å². The summed E-state index contributed by atoms with van der Waals surface area (Å²) >= 11 is 0. The second kappa shape index (κ2) is 6.51. The molecule has 1 heterocycles. The Morgan fingerprint density at radius 2 is 1.83 bits per heavy atom. The van der Waals surface area contributed by atoms with Crippen LogP contribution in [0.1, 0.15) is 37.7 Å². The average Bonchev–Trinajstić information content (AvgIpc) is 2.79. The first-order valence-corrected chi connectivity index (χ1v) is 7.11. The predicted octanol–water partition coefficient (Wildman–Crippen LogP) is 3.70. The number of aromatic nitrogens is 1. The highest BCUT2D eigenvalue weighted by Crippen LogP contribution is 2.29. The van der Waals surface area contributed by atoms with Crippen LogP contribution in [0.2, 0.25) is 0 Å². The van der Waals surface area contributed by atoms with Crippen molar-refractivity contribution < 1.29 is 27.5 Å². The first kappa shape index (κ1) is 17.8. The van der Waals surface area contributed by atoms with Gasteiger partial charge in [-0.3, -0.25) is 4.79 Å². The van der Waals surface area contributed by atoms with Crippen LogP contribution in [0.25, 0.3) is 0 Å². The Balaban J connectivity index is 2.08. The number of halogens is 3. The Labute approximate surface area is 136 Å². The van der Waals surface area contributed by atoms with Crippen LogP contribution in [0.3, 0.4) is 0 Å². The minimum absolute atomic E-state index is 0.251. The summed E-state index contributed by atoms with van der Waals surface area (Å²) in [5.74, 6) is -1.38. The molecule has 0 aliphatic rings. The molecule has 0 fully saturated rings. The van der Waals surface area contributed by atoms with Crippen LogP contribution in [0.5, 0.6) is 0 Å². The first-order chi connectivity index (χ1) is 11.1. The van der Waals surface area contributed by atoms with Gasteiger partial charge in [0, 0.05) is 24.0 Å². The molecule has 1 aromatic carbocycles. The average molecular weight is 339 g/mol. The number of nitrogens with zero attached hydrogens (tertiary/aromatic N) is 1. The molecule has 0 saturated carbocycles. The lowest BCUT2D eigenvalue weighted by Gasteiger charge is -2.08. The summed E-state index contributed by atoms with van der Waals surface area (Å²) in [7, 11) is 1.80. The predicted molar refractivity (Wildman–Crippen MR) is 80.9 cm³/mol. The maximum absolute atomic E-state index is 12.6. The summed E-state index contributed by atoms with van der Waals surface area (Å²) in [6.45, 7) is 3.06. The molecular formula is C17H16F3NO3. The van der Waals surface area contributed by atoms with Gasteiger partial charge in [-0.05, 0) is 38.1 Å². The number of hydrogen-bond donors (Lipinski definition) is 0. The van der Waals surface area contributed by atoms with E-state index in [2.05, 4.69) is 0 Å². The number of rotatable bonds is 4. The van der Waals surface area contributed by atoms with Crippen molar-refractivity contribution in [3.8, 4) is 0 Å². The summed E-state index contributed by atoms with van der Waals surface area (Å²) in [6, 6.07) is 5.56. The number of alkyl halides is 3. The minimum atomic E-state index is -4.55. The molecule has 0 saturated heterocycles. The summed E-state index contributed by atoms with van der Waals surface area (Å²) in [5, 5.41) is 0. The van der Waals surface area contributed by atoms with E-state index in [-0.39, 0.29) is 5.56 Å². The third-order valence-electron chi connectivity index (χ3n) is 3.84. The Kier molecular flexibility index (Phi) is 4.82. The van der Waals surface area contributed by atoms with Gasteiger partial charge >= 0.3 is 12.1 Å². The van der Waals surface area contributed by atoms with Gasteiger partial charge in [-0.15, -0.1) is 0 Å². The fourth-order valence-electron chi connectivity index (χ4n) is 2.25. The highest BCUT2D eigenvalue weighted by molar-refractivity contribution is 6.00. The topological polar surface area (TPSA) is 48.3 Å². The van der Waals surface area contributed by atoms with E-state index in [1.807, 2.05) is 11.5 Å². The number of aryl methyl sites for hydroxylation is 1. The largest absolute Gasteiger partial charge is 0.454 e. The van der Waals surface area contributed by atoms with E-state index in [1.165, 1.54) is 6.07 Å². The third kappa shape index (κ3) is 3.67. The van der Waals surface area contributed by atoms with Crippen LogP contribution in [-0.2, 0) is 18.0 Å². The van der Waals surface area contributed by atoms with Gasteiger partial charge < -0.3 is 9.30 Å². The second-order valence-corrected chi connectivity index (χ2v) is 5.42. The van der Waals surface area contributed by atoms with E-state index in [1.54, 1.807) is 20.0 Å². The van der Waals surface area contributed by atoms with Gasteiger partial charge in [0.05, 0.1) is 11.1 Å². The number of carbonyl (C=O) groups is 2. The van der Waals surface area contributed by atoms with E-state index in [0.29, 0.717) is 11.6 Å².